The predicted molar refractivity (Wildman–Crippen MR) is 112 cm³/mol. The van der Waals surface area contributed by atoms with E-state index in [1.807, 2.05) is 36.1 Å². The monoisotopic (exact) mass is 379 g/mol. The Labute approximate surface area is 167 Å². The molecule has 0 saturated carbocycles. The zero-order chi connectivity index (χ0) is 20.1. The second kappa shape index (κ2) is 8.91. The summed E-state index contributed by atoms with van der Waals surface area (Å²) in [6.45, 7) is 9.24. The van der Waals surface area contributed by atoms with Crippen molar-refractivity contribution in [1.82, 2.24) is 9.80 Å². The lowest BCUT2D eigenvalue weighted by Crippen LogP contribution is -2.51. The summed E-state index contributed by atoms with van der Waals surface area (Å²) >= 11 is 0. The van der Waals surface area contributed by atoms with Gasteiger partial charge in [0.2, 0.25) is 11.8 Å². The fraction of sp³-hybridized carbons (Fsp3) is 0.391. The van der Waals surface area contributed by atoms with E-state index in [1.165, 1.54) is 23.7 Å². The molecule has 0 radical (unpaired) electrons. The van der Waals surface area contributed by atoms with Crippen LogP contribution in [0, 0.1) is 13.8 Å². The molecular formula is C23H29N3O2. The summed E-state index contributed by atoms with van der Waals surface area (Å²) < 4.78 is 0. The number of aryl methyl sites for hydroxylation is 2. The van der Waals surface area contributed by atoms with Crippen molar-refractivity contribution in [1.29, 1.82) is 0 Å². The van der Waals surface area contributed by atoms with Crippen LogP contribution >= 0.6 is 0 Å². The fourth-order valence-electron chi connectivity index (χ4n) is 3.49. The zero-order valence-corrected chi connectivity index (χ0v) is 17.0. The van der Waals surface area contributed by atoms with Crippen molar-refractivity contribution in [3.8, 4) is 0 Å². The smallest absolute Gasteiger partial charge is 0.242 e. The van der Waals surface area contributed by atoms with Crippen LogP contribution in [0.4, 0.5) is 5.69 Å². The van der Waals surface area contributed by atoms with E-state index < -0.39 is 0 Å². The van der Waals surface area contributed by atoms with Gasteiger partial charge in [-0.25, -0.2) is 0 Å². The second-order valence-corrected chi connectivity index (χ2v) is 7.57. The first-order valence-corrected chi connectivity index (χ1v) is 9.83. The average molecular weight is 380 g/mol. The Bertz CT molecular complexity index is 824. The molecule has 0 aliphatic carbocycles. The van der Waals surface area contributed by atoms with Crippen LogP contribution in [0.5, 0.6) is 0 Å². The van der Waals surface area contributed by atoms with E-state index in [2.05, 4.69) is 36.1 Å². The maximum Gasteiger partial charge on any atom is 0.242 e. The molecule has 2 amide bonds. The second-order valence-electron chi connectivity index (χ2n) is 7.57. The largest absolute Gasteiger partial charge is 0.368 e. The number of amides is 2. The van der Waals surface area contributed by atoms with Crippen molar-refractivity contribution in [2.24, 2.45) is 0 Å². The van der Waals surface area contributed by atoms with Crippen LogP contribution in [0.2, 0.25) is 0 Å². The topological polar surface area (TPSA) is 43.9 Å². The predicted octanol–water partition coefficient (Wildman–Crippen LogP) is 3.00. The zero-order valence-electron chi connectivity index (χ0n) is 17.0. The molecule has 3 rings (SSSR count). The van der Waals surface area contributed by atoms with Crippen LogP contribution in [-0.4, -0.2) is 54.3 Å². The molecule has 2 aromatic rings. The van der Waals surface area contributed by atoms with Crippen LogP contribution < -0.4 is 4.90 Å². The molecule has 1 saturated heterocycles. The number of rotatable bonds is 5. The van der Waals surface area contributed by atoms with Crippen LogP contribution in [-0.2, 0) is 16.1 Å². The molecule has 1 aliphatic heterocycles. The third-order valence-corrected chi connectivity index (χ3v) is 5.26. The van der Waals surface area contributed by atoms with E-state index in [1.54, 1.807) is 4.90 Å². The lowest BCUT2D eigenvalue weighted by atomic mass is 10.1. The van der Waals surface area contributed by atoms with Crippen LogP contribution in [0.25, 0.3) is 0 Å². The van der Waals surface area contributed by atoms with Gasteiger partial charge in [0.15, 0.2) is 0 Å². The molecule has 0 N–H and O–H groups in total. The number of hydrogen-bond donors (Lipinski definition) is 0. The van der Waals surface area contributed by atoms with E-state index in [0.29, 0.717) is 19.6 Å². The van der Waals surface area contributed by atoms with Gasteiger partial charge in [0.1, 0.15) is 6.54 Å². The van der Waals surface area contributed by atoms with Gasteiger partial charge in [0.25, 0.3) is 0 Å². The molecule has 0 aromatic heterocycles. The highest BCUT2D eigenvalue weighted by atomic mass is 16.2. The SMILES string of the molecule is CC(=O)N(CC(=O)N1CCN(c2cccc(C)c2)CC1)Cc1ccc(C)cc1. The van der Waals surface area contributed by atoms with Crippen LogP contribution in [0.3, 0.4) is 0 Å². The summed E-state index contributed by atoms with van der Waals surface area (Å²) in [6.07, 6.45) is 0. The fourth-order valence-corrected chi connectivity index (χ4v) is 3.49. The van der Waals surface area contributed by atoms with Gasteiger partial charge in [-0.1, -0.05) is 42.0 Å². The minimum absolute atomic E-state index is 0.0196. The quantitative estimate of drug-likeness (QED) is 0.802. The molecule has 0 spiro atoms. The summed E-state index contributed by atoms with van der Waals surface area (Å²) in [4.78, 5) is 30.6. The number of nitrogens with zero attached hydrogens (tertiary/aromatic N) is 3. The molecule has 5 nitrogen and oxygen atoms in total. The number of benzene rings is 2. The summed E-state index contributed by atoms with van der Waals surface area (Å²) in [5.74, 6) is -0.0569. The van der Waals surface area contributed by atoms with E-state index in [-0.39, 0.29) is 18.4 Å². The first kappa shape index (κ1) is 19.9. The highest BCUT2D eigenvalue weighted by Crippen LogP contribution is 2.18. The Balaban J connectivity index is 1.56. The summed E-state index contributed by atoms with van der Waals surface area (Å²) in [6, 6.07) is 16.5. The highest BCUT2D eigenvalue weighted by Gasteiger charge is 2.24. The minimum Gasteiger partial charge on any atom is -0.368 e. The Morgan fingerprint density at radius 1 is 0.929 bits per heavy atom. The van der Waals surface area contributed by atoms with Gasteiger partial charge in [0, 0.05) is 45.3 Å². The Hall–Kier alpha value is -2.82. The Kier molecular flexibility index (Phi) is 6.34. The highest BCUT2D eigenvalue weighted by molar-refractivity contribution is 5.84. The van der Waals surface area contributed by atoms with Crippen molar-refractivity contribution in [2.45, 2.75) is 27.3 Å². The summed E-state index contributed by atoms with van der Waals surface area (Å²) in [5, 5.41) is 0. The van der Waals surface area contributed by atoms with Crippen LogP contribution in [0.1, 0.15) is 23.6 Å². The molecule has 0 unspecified atom stereocenters. The molecule has 2 aromatic carbocycles. The first-order chi connectivity index (χ1) is 13.4. The standard InChI is InChI=1S/C23H29N3O2/c1-18-7-9-21(10-8-18)16-26(20(3)27)17-23(28)25-13-11-24(12-14-25)22-6-4-5-19(2)15-22/h4-10,15H,11-14,16-17H2,1-3H3. The van der Waals surface area contributed by atoms with E-state index in [4.69, 9.17) is 0 Å². The lowest BCUT2D eigenvalue weighted by molar-refractivity contribution is -0.140. The molecule has 1 aliphatic rings. The average Bonchev–Trinajstić information content (AvgIpc) is 2.69. The molecule has 28 heavy (non-hydrogen) atoms. The number of carbonyl (C=O) groups excluding carboxylic acids is 2. The van der Waals surface area contributed by atoms with Crippen molar-refractivity contribution in [3.05, 3.63) is 65.2 Å². The number of piperazine rings is 1. The molecule has 0 atom stereocenters. The van der Waals surface area contributed by atoms with E-state index in [0.717, 1.165) is 18.7 Å². The normalized spacial score (nSPS) is 14.1. The summed E-state index contributed by atoms with van der Waals surface area (Å²) in [7, 11) is 0. The molecular weight excluding hydrogens is 350 g/mol. The third kappa shape index (κ3) is 5.12. The van der Waals surface area contributed by atoms with Gasteiger partial charge in [-0.15, -0.1) is 0 Å². The molecule has 148 valence electrons. The van der Waals surface area contributed by atoms with Crippen molar-refractivity contribution in [3.63, 3.8) is 0 Å². The number of carbonyl (C=O) groups is 2. The lowest BCUT2D eigenvalue weighted by Gasteiger charge is -2.37. The van der Waals surface area contributed by atoms with Crippen molar-refractivity contribution >= 4 is 17.5 Å². The number of anilines is 1. The van der Waals surface area contributed by atoms with Gasteiger partial charge in [-0.3, -0.25) is 9.59 Å². The van der Waals surface area contributed by atoms with Gasteiger partial charge in [-0.2, -0.15) is 0 Å². The van der Waals surface area contributed by atoms with E-state index >= 15 is 0 Å². The Morgan fingerprint density at radius 2 is 1.61 bits per heavy atom. The van der Waals surface area contributed by atoms with Gasteiger partial charge < -0.3 is 14.7 Å². The minimum atomic E-state index is -0.0766. The molecule has 1 fully saturated rings. The number of hydrogen-bond acceptors (Lipinski definition) is 3. The Morgan fingerprint density at radius 3 is 2.21 bits per heavy atom. The van der Waals surface area contributed by atoms with Gasteiger partial charge >= 0.3 is 0 Å². The molecule has 1 heterocycles. The van der Waals surface area contributed by atoms with E-state index in [9.17, 15) is 9.59 Å². The van der Waals surface area contributed by atoms with Gasteiger partial charge in [0.05, 0.1) is 0 Å². The molecule has 0 bridgehead atoms. The van der Waals surface area contributed by atoms with Gasteiger partial charge in [-0.05, 0) is 37.1 Å². The van der Waals surface area contributed by atoms with Crippen molar-refractivity contribution < 1.29 is 9.59 Å². The maximum absolute atomic E-state index is 12.8. The summed E-state index contributed by atoms with van der Waals surface area (Å²) in [5.41, 5.74) is 4.67. The maximum atomic E-state index is 12.8. The van der Waals surface area contributed by atoms with Crippen LogP contribution in [0.15, 0.2) is 48.5 Å². The third-order valence-electron chi connectivity index (χ3n) is 5.26. The van der Waals surface area contributed by atoms with Crippen molar-refractivity contribution in [2.75, 3.05) is 37.6 Å². The first-order valence-electron chi connectivity index (χ1n) is 9.83. The molecule has 5 heteroatoms.